The number of rotatable bonds is 7. The van der Waals surface area contributed by atoms with E-state index in [-0.39, 0.29) is 6.61 Å². The lowest BCUT2D eigenvalue weighted by molar-refractivity contribution is 0.271. The minimum Gasteiger partial charge on any atom is -0.494 e. The largest absolute Gasteiger partial charge is 0.494 e. The molecule has 0 N–H and O–H groups in total. The smallest absolute Gasteiger partial charge is 0.217 e. The molecule has 0 fully saturated rings. The van der Waals surface area contributed by atoms with Crippen LogP contribution in [0.3, 0.4) is 0 Å². The molecular weight excluding hydrogens is 432 g/mol. The monoisotopic (exact) mass is 452 g/mol. The Morgan fingerprint density at radius 1 is 0.882 bits per heavy atom. The Kier molecular flexibility index (Phi) is 4.91. The van der Waals surface area contributed by atoms with Crippen molar-refractivity contribution >= 4 is 16.7 Å². The molecule has 4 aromatic heterocycles. The first-order valence-electron chi connectivity index (χ1n) is 10.9. The third kappa shape index (κ3) is 3.62. The maximum absolute atomic E-state index is 5.94. The van der Waals surface area contributed by atoms with Gasteiger partial charge in [-0.05, 0) is 55.5 Å². The molecule has 0 amide bonds. The molecule has 0 unspecified atom stereocenters. The molecule has 0 aliphatic carbocycles. The average molecular weight is 452 g/mol. The maximum Gasteiger partial charge on any atom is 0.217 e. The van der Waals surface area contributed by atoms with Crippen molar-refractivity contribution in [2.45, 2.75) is 13.5 Å². The van der Waals surface area contributed by atoms with Crippen LogP contribution in [0.2, 0.25) is 0 Å². The predicted octanol–water partition coefficient (Wildman–Crippen LogP) is 4.70. The van der Waals surface area contributed by atoms with E-state index in [9.17, 15) is 0 Å². The van der Waals surface area contributed by atoms with Crippen LogP contribution >= 0.6 is 0 Å². The van der Waals surface area contributed by atoms with E-state index in [0.717, 1.165) is 22.6 Å². The van der Waals surface area contributed by atoms with Crippen LogP contribution < -0.4 is 9.47 Å². The van der Waals surface area contributed by atoms with Crippen molar-refractivity contribution in [3.63, 3.8) is 0 Å². The second-order valence-corrected chi connectivity index (χ2v) is 7.54. The third-order valence-electron chi connectivity index (χ3n) is 5.30. The van der Waals surface area contributed by atoms with E-state index < -0.39 is 0 Å². The molecule has 0 saturated heterocycles. The second-order valence-electron chi connectivity index (χ2n) is 7.54. The Hall–Kier alpha value is -4.66. The summed E-state index contributed by atoms with van der Waals surface area (Å²) in [4.78, 5) is 9.23. The van der Waals surface area contributed by atoms with Gasteiger partial charge in [-0.1, -0.05) is 18.2 Å². The van der Waals surface area contributed by atoms with Gasteiger partial charge in [-0.15, -0.1) is 5.10 Å². The first-order chi connectivity index (χ1) is 16.8. The summed E-state index contributed by atoms with van der Waals surface area (Å²) < 4.78 is 20.6. The number of para-hydroxylation sites is 1. The van der Waals surface area contributed by atoms with Gasteiger partial charge >= 0.3 is 0 Å². The summed E-state index contributed by atoms with van der Waals surface area (Å²) in [5, 5.41) is 9.83. The van der Waals surface area contributed by atoms with Gasteiger partial charge in [0.1, 0.15) is 30.2 Å². The molecule has 6 rings (SSSR count). The summed E-state index contributed by atoms with van der Waals surface area (Å²) in [6, 6.07) is 21.0. The standard InChI is InChI=1S/C25H20N6O3/c1-2-32-18-8-10-19(11-9-18)33-15-20-12-13-22(34-20)23-28-25-21-14-27-31(17-6-4-3-5-7-17)24(21)26-16-30(25)29-23/h3-14,16H,2,15H2,1H3. The topological polar surface area (TPSA) is 92.5 Å². The van der Waals surface area contributed by atoms with Crippen LogP contribution in [0.4, 0.5) is 0 Å². The van der Waals surface area contributed by atoms with Gasteiger partial charge in [-0.25, -0.2) is 19.2 Å². The fraction of sp³-hybridized carbons (Fsp3) is 0.120. The zero-order valence-corrected chi connectivity index (χ0v) is 18.3. The lowest BCUT2D eigenvalue weighted by atomic mass is 10.3. The van der Waals surface area contributed by atoms with Gasteiger partial charge in [0, 0.05) is 0 Å². The van der Waals surface area contributed by atoms with Crippen LogP contribution in [0.25, 0.3) is 34.0 Å². The predicted molar refractivity (Wildman–Crippen MR) is 125 cm³/mol. The lowest BCUT2D eigenvalue weighted by Gasteiger charge is -2.06. The number of hydrogen-bond acceptors (Lipinski definition) is 7. The zero-order chi connectivity index (χ0) is 22.9. The molecule has 0 atom stereocenters. The van der Waals surface area contributed by atoms with Gasteiger partial charge in [0.2, 0.25) is 5.82 Å². The van der Waals surface area contributed by atoms with Crippen LogP contribution in [-0.2, 0) is 6.61 Å². The molecule has 0 spiro atoms. The second kappa shape index (κ2) is 8.36. The number of aromatic nitrogens is 6. The van der Waals surface area contributed by atoms with Crippen molar-refractivity contribution in [2.75, 3.05) is 6.61 Å². The van der Waals surface area contributed by atoms with Gasteiger partial charge in [0.15, 0.2) is 17.1 Å². The molecule has 0 aliphatic heterocycles. The van der Waals surface area contributed by atoms with Crippen molar-refractivity contribution in [1.82, 2.24) is 29.4 Å². The molecule has 0 saturated carbocycles. The molecule has 9 nitrogen and oxygen atoms in total. The van der Waals surface area contributed by atoms with E-state index in [4.69, 9.17) is 13.9 Å². The van der Waals surface area contributed by atoms with Crippen molar-refractivity contribution in [3.05, 3.63) is 85.0 Å². The number of nitrogens with zero attached hydrogens (tertiary/aromatic N) is 6. The summed E-state index contributed by atoms with van der Waals surface area (Å²) in [7, 11) is 0. The van der Waals surface area contributed by atoms with Crippen molar-refractivity contribution in [3.8, 4) is 28.8 Å². The number of furan rings is 1. The molecule has 0 aliphatic rings. The minimum atomic E-state index is 0.289. The van der Waals surface area contributed by atoms with Gasteiger partial charge < -0.3 is 13.9 Å². The van der Waals surface area contributed by atoms with Crippen molar-refractivity contribution < 1.29 is 13.9 Å². The highest BCUT2D eigenvalue weighted by Gasteiger charge is 2.16. The van der Waals surface area contributed by atoms with E-state index in [0.29, 0.717) is 35.2 Å². The fourth-order valence-electron chi connectivity index (χ4n) is 3.71. The summed E-state index contributed by atoms with van der Waals surface area (Å²) in [5.74, 6) is 3.23. The van der Waals surface area contributed by atoms with Gasteiger partial charge in [0.05, 0.1) is 23.9 Å². The first kappa shape index (κ1) is 20.0. The SMILES string of the molecule is CCOc1ccc(OCc2ccc(-c3nc4c5cnn(-c6ccccc6)c5ncn4n3)o2)cc1. The Balaban J connectivity index is 1.24. The first-order valence-corrected chi connectivity index (χ1v) is 10.9. The Labute approximate surface area is 194 Å². The van der Waals surface area contributed by atoms with Crippen LogP contribution in [0.5, 0.6) is 11.5 Å². The normalized spacial score (nSPS) is 11.3. The van der Waals surface area contributed by atoms with Gasteiger partial charge in [0.25, 0.3) is 0 Å². The van der Waals surface area contributed by atoms with E-state index in [2.05, 4.69) is 20.2 Å². The Morgan fingerprint density at radius 2 is 1.68 bits per heavy atom. The fourth-order valence-corrected chi connectivity index (χ4v) is 3.71. The molecular formula is C25H20N6O3. The van der Waals surface area contributed by atoms with Crippen molar-refractivity contribution in [2.24, 2.45) is 0 Å². The molecule has 6 aromatic rings. The quantitative estimate of drug-likeness (QED) is 0.347. The number of hydrogen-bond donors (Lipinski definition) is 0. The maximum atomic E-state index is 5.94. The Bertz CT molecular complexity index is 1570. The van der Waals surface area contributed by atoms with E-state index in [1.54, 1.807) is 21.7 Å². The van der Waals surface area contributed by atoms with Crippen LogP contribution in [-0.4, -0.2) is 36.0 Å². The molecule has 9 heteroatoms. The van der Waals surface area contributed by atoms with E-state index >= 15 is 0 Å². The average Bonchev–Trinajstić information content (AvgIpc) is 3.61. The van der Waals surface area contributed by atoms with Crippen LogP contribution in [0, 0.1) is 0 Å². The summed E-state index contributed by atoms with van der Waals surface area (Å²) in [6.45, 7) is 2.87. The third-order valence-corrected chi connectivity index (χ3v) is 5.30. The minimum absolute atomic E-state index is 0.289. The molecule has 0 radical (unpaired) electrons. The van der Waals surface area contributed by atoms with E-state index in [1.807, 2.05) is 73.7 Å². The zero-order valence-electron chi connectivity index (χ0n) is 18.3. The number of benzene rings is 2. The lowest BCUT2D eigenvalue weighted by Crippen LogP contribution is -1.98. The highest BCUT2D eigenvalue weighted by atomic mass is 16.5. The summed E-state index contributed by atoms with van der Waals surface area (Å²) in [6.07, 6.45) is 3.38. The molecule has 34 heavy (non-hydrogen) atoms. The number of fused-ring (bicyclic) bond motifs is 3. The molecule has 2 aromatic carbocycles. The van der Waals surface area contributed by atoms with Gasteiger partial charge in [-0.3, -0.25) is 0 Å². The van der Waals surface area contributed by atoms with Crippen molar-refractivity contribution in [1.29, 1.82) is 0 Å². The Morgan fingerprint density at radius 3 is 2.47 bits per heavy atom. The van der Waals surface area contributed by atoms with E-state index in [1.165, 1.54) is 0 Å². The summed E-state index contributed by atoms with van der Waals surface area (Å²) in [5.41, 5.74) is 2.30. The van der Waals surface area contributed by atoms with Crippen LogP contribution in [0.15, 0.2) is 83.7 Å². The van der Waals surface area contributed by atoms with Crippen LogP contribution in [0.1, 0.15) is 12.7 Å². The van der Waals surface area contributed by atoms with Gasteiger partial charge in [-0.2, -0.15) is 5.10 Å². The summed E-state index contributed by atoms with van der Waals surface area (Å²) >= 11 is 0. The molecule has 168 valence electrons. The highest BCUT2D eigenvalue weighted by molar-refractivity contribution is 5.89. The number of ether oxygens (including phenoxy) is 2. The molecule has 0 bridgehead atoms. The highest BCUT2D eigenvalue weighted by Crippen LogP contribution is 2.25. The molecule has 4 heterocycles.